The lowest BCUT2D eigenvalue weighted by atomic mass is 10.1. The molecule has 18 heavy (non-hydrogen) atoms. The zero-order valence-electron chi connectivity index (χ0n) is 9.33. The van der Waals surface area contributed by atoms with Crippen molar-refractivity contribution in [1.29, 1.82) is 0 Å². The molecule has 0 saturated carbocycles. The second kappa shape index (κ2) is 4.23. The molecule has 3 aromatic rings. The van der Waals surface area contributed by atoms with Gasteiger partial charge in [-0.05, 0) is 18.2 Å². The van der Waals surface area contributed by atoms with Gasteiger partial charge in [-0.3, -0.25) is 4.98 Å². The predicted octanol–water partition coefficient (Wildman–Crippen LogP) is 3.66. The van der Waals surface area contributed by atoms with Crippen molar-refractivity contribution in [2.24, 2.45) is 0 Å². The van der Waals surface area contributed by atoms with E-state index in [1.54, 1.807) is 12.3 Å². The standard InChI is InChI=1S/C14H9NO2S/c16-14(17)12-7-6-11(18-12)10-5-1-3-9-4-2-8-15-13(9)10/h1-8H,(H,16,17). The van der Waals surface area contributed by atoms with Crippen molar-refractivity contribution in [3.05, 3.63) is 53.5 Å². The maximum atomic E-state index is 10.9. The summed E-state index contributed by atoms with van der Waals surface area (Å²) in [6.45, 7) is 0. The van der Waals surface area contributed by atoms with Gasteiger partial charge < -0.3 is 5.11 Å². The first-order valence-electron chi connectivity index (χ1n) is 5.43. The van der Waals surface area contributed by atoms with E-state index in [0.29, 0.717) is 4.88 Å². The van der Waals surface area contributed by atoms with Gasteiger partial charge in [-0.15, -0.1) is 11.3 Å². The van der Waals surface area contributed by atoms with E-state index in [1.807, 2.05) is 36.4 Å². The Kier molecular flexibility index (Phi) is 2.57. The zero-order valence-corrected chi connectivity index (χ0v) is 10.1. The van der Waals surface area contributed by atoms with E-state index in [9.17, 15) is 4.79 Å². The van der Waals surface area contributed by atoms with Crippen LogP contribution in [0.3, 0.4) is 0 Å². The molecule has 0 atom stereocenters. The molecule has 1 N–H and O–H groups in total. The summed E-state index contributed by atoms with van der Waals surface area (Å²) in [7, 11) is 0. The fraction of sp³-hybridized carbons (Fsp3) is 0. The molecular weight excluding hydrogens is 246 g/mol. The molecule has 3 nitrogen and oxygen atoms in total. The number of pyridine rings is 1. The fourth-order valence-electron chi connectivity index (χ4n) is 1.90. The highest BCUT2D eigenvalue weighted by atomic mass is 32.1. The third-order valence-electron chi connectivity index (χ3n) is 2.71. The SMILES string of the molecule is O=C(O)c1ccc(-c2cccc3cccnc23)s1. The number of benzene rings is 1. The number of hydrogen-bond donors (Lipinski definition) is 1. The van der Waals surface area contributed by atoms with Crippen LogP contribution < -0.4 is 0 Å². The summed E-state index contributed by atoms with van der Waals surface area (Å²) in [6.07, 6.45) is 1.75. The lowest BCUT2D eigenvalue weighted by Gasteiger charge is -2.02. The molecule has 0 radical (unpaired) electrons. The smallest absolute Gasteiger partial charge is 0.345 e. The van der Waals surface area contributed by atoms with Crippen LogP contribution in [0.4, 0.5) is 0 Å². The second-order valence-electron chi connectivity index (χ2n) is 3.85. The molecule has 0 unspecified atom stereocenters. The van der Waals surface area contributed by atoms with E-state index in [1.165, 1.54) is 11.3 Å². The normalized spacial score (nSPS) is 10.7. The van der Waals surface area contributed by atoms with Gasteiger partial charge in [0.25, 0.3) is 0 Å². The van der Waals surface area contributed by atoms with Crippen LogP contribution in [-0.2, 0) is 0 Å². The molecule has 0 saturated heterocycles. The third kappa shape index (κ3) is 1.76. The van der Waals surface area contributed by atoms with Gasteiger partial charge in [0.1, 0.15) is 4.88 Å². The Hall–Kier alpha value is -2.20. The molecule has 2 heterocycles. The first-order valence-corrected chi connectivity index (χ1v) is 6.24. The number of hydrogen-bond acceptors (Lipinski definition) is 3. The summed E-state index contributed by atoms with van der Waals surface area (Å²) in [5.41, 5.74) is 1.88. The van der Waals surface area contributed by atoms with Gasteiger partial charge in [-0.25, -0.2) is 4.79 Å². The summed E-state index contributed by atoms with van der Waals surface area (Å²) in [6, 6.07) is 13.3. The van der Waals surface area contributed by atoms with Crippen molar-refractivity contribution in [1.82, 2.24) is 4.98 Å². The van der Waals surface area contributed by atoms with E-state index >= 15 is 0 Å². The quantitative estimate of drug-likeness (QED) is 0.760. The summed E-state index contributed by atoms with van der Waals surface area (Å²) in [5.74, 6) is -0.889. The first-order chi connectivity index (χ1) is 8.75. The van der Waals surface area contributed by atoms with Gasteiger partial charge in [0.15, 0.2) is 0 Å². The van der Waals surface area contributed by atoms with Crippen LogP contribution in [0.25, 0.3) is 21.3 Å². The Morgan fingerprint density at radius 3 is 2.72 bits per heavy atom. The number of fused-ring (bicyclic) bond motifs is 1. The predicted molar refractivity (Wildman–Crippen MR) is 72.0 cm³/mol. The minimum Gasteiger partial charge on any atom is -0.477 e. The molecule has 0 amide bonds. The molecule has 0 aliphatic heterocycles. The van der Waals surface area contributed by atoms with Crippen molar-refractivity contribution < 1.29 is 9.90 Å². The summed E-state index contributed by atoms with van der Waals surface area (Å²) < 4.78 is 0. The van der Waals surface area contributed by atoms with E-state index in [-0.39, 0.29) is 0 Å². The third-order valence-corrected chi connectivity index (χ3v) is 3.82. The largest absolute Gasteiger partial charge is 0.477 e. The number of carbonyl (C=O) groups is 1. The lowest BCUT2D eigenvalue weighted by molar-refractivity contribution is 0.0702. The van der Waals surface area contributed by atoms with E-state index in [4.69, 9.17) is 5.11 Å². The van der Waals surface area contributed by atoms with Gasteiger partial charge in [0.2, 0.25) is 0 Å². The van der Waals surface area contributed by atoms with Crippen LogP contribution in [0.2, 0.25) is 0 Å². The van der Waals surface area contributed by atoms with Crippen molar-refractivity contribution in [2.45, 2.75) is 0 Å². The Labute approximate surface area is 107 Å². The number of carboxylic acids is 1. The maximum Gasteiger partial charge on any atom is 0.345 e. The summed E-state index contributed by atoms with van der Waals surface area (Å²) >= 11 is 1.27. The van der Waals surface area contributed by atoms with Crippen LogP contribution in [0.1, 0.15) is 9.67 Å². The zero-order chi connectivity index (χ0) is 12.5. The van der Waals surface area contributed by atoms with Gasteiger partial charge >= 0.3 is 5.97 Å². The number of aromatic nitrogens is 1. The molecule has 3 rings (SSSR count). The average molecular weight is 255 g/mol. The maximum absolute atomic E-state index is 10.9. The van der Waals surface area contributed by atoms with E-state index < -0.39 is 5.97 Å². The van der Waals surface area contributed by atoms with Gasteiger partial charge in [-0.2, -0.15) is 0 Å². The molecule has 0 aliphatic carbocycles. The Balaban J connectivity index is 2.21. The number of aromatic carboxylic acids is 1. The van der Waals surface area contributed by atoms with Gasteiger partial charge in [0.05, 0.1) is 5.52 Å². The van der Waals surface area contributed by atoms with E-state index in [2.05, 4.69) is 4.98 Å². The minimum absolute atomic E-state index is 0.345. The van der Waals surface area contributed by atoms with E-state index in [0.717, 1.165) is 21.3 Å². The van der Waals surface area contributed by atoms with Crippen LogP contribution in [0.5, 0.6) is 0 Å². The van der Waals surface area contributed by atoms with Crippen LogP contribution >= 0.6 is 11.3 Å². The highest BCUT2D eigenvalue weighted by molar-refractivity contribution is 7.17. The molecule has 1 aromatic carbocycles. The Bertz CT molecular complexity index is 728. The highest BCUT2D eigenvalue weighted by Gasteiger charge is 2.10. The Morgan fingerprint density at radius 1 is 1.11 bits per heavy atom. The fourth-order valence-corrected chi connectivity index (χ4v) is 2.77. The minimum atomic E-state index is -0.889. The molecule has 0 bridgehead atoms. The first kappa shape index (κ1) is 10.9. The topological polar surface area (TPSA) is 50.2 Å². The summed E-state index contributed by atoms with van der Waals surface area (Å²) in [4.78, 5) is 16.5. The van der Waals surface area contributed by atoms with Crippen molar-refractivity contribution in [3.63, 3.8) is 0 Å². The van der Waals surface area contributed by atoms with Crippen molar-refractivity contribution in [2.75, 3.05) is 0 Å². The van der Waals surface area contributed by atoms with Gasteiger partial charge in [0, 0.05) is 22.0 Å². The summed E-state index contributed by atoms with van der Waals surface area (Å²) in [5, 5.41) is 10.0. The van der Waals surface area contributed by atoms with Crippen LogP contribution in [0, 0.1) is 0 Å². The van der Waals surface area contributed by atoms with Crippen molar-refractivity contribution in [3.8, 4) is 10.4 Å². The molecular formula is C14H9NO2S. The number of para-hydroxylation sites is 1. The van der Waals surface area contributed by atoms with Crippen molar-refractivity contribution >= 4 is 28.2 Å². The lowest BCUT2D eigenvalue weighted by Crippen LogP contribution is -1.89. The average Bonchev–Trinajstić information content (AvgIpc) is 2.87. The molecule has 0 fully saturated rings. The Morgan fingerprint density at radius 2 is 1.94 bits per heavy atom. The van der Waals surface area contributed by atoms with Gasteiger partial charge in [-0.1, -0.05) is 24.3 Å². The number of nitrogens with zero attached hydrogens (tertiary/aromatic N) is 1. The molecule has 4 heteroatoms. The van der Waals surface area contributed by atoms with Crippen LogP contribution in [-0.4, -0.2) is 16.1 Å². The highest BCUT2D eigenvalue weighted by Crippen LogP contribution is 2.32. The molecule has 88 valence electrons. The van der Waals surface area contributed by atoms with Crippen LogP contribution in [0.15, 0.2) is 48.7 Å². The monoisotopic (exact) mass is 255 g/mol. The molecule has 2 aromatic heterocycles. The molecule has 0 aliphatic rings. The number of carboxylic acid groups (broad SMARTS) is 1. The molecule has 0 spiro atoms. The number of thiophene rings is 1. The second-order valence-corrected chi connectivity index (χ2v) is 4.93. The number of rotatable bonds is 2.